The fourth-order valence-electron chi connectivity index (χ4n) is 1.57. The molecule has 0 saturated heterocycles. The lowest BCUT2D eigenvalue weighted by Gasteiger charge is -2.10. The molecule has 0 aliphatic heterocycles. The van der Waals surface area contributed by atoms with Crippen LogP contribution in [-0.4, -0.2) is 21.9 Å². The summed E-state index contributed by atoms with van der Waals surface area (Å²) in [6.45, 7) is 1.74. The highest BCUT2D eigenvalue weighted by Gasteiger charge is 2.16. The van der Waals surface area contributed by atoms with Crippen molar-refractivity contribution in [1.29, 1.82) is 0 Å². The molecule has 0 amide bonds. The van der Waals surface area contributed by atoms with Crippen LogP contribution in [-0.2, 0) is 0 Å². The highest BCUT2D eigenvalue weighted by Crippen LogP contribution is 2.39. The van der Waals surface area contributed by atoms with Crippen molar-refractivity contribution in [2.75, 3.05) is 12.4 Å². The Kier molecular flexibility index (Phi) is 4.73. The number of nitrogens with zero attached hydrogens (tertiary/aromatic N) is 3. The zero-order valence-corrected chi connectivity index (χ0v) is 14.2. The van der Waals surface area contributed by atoms with Crippen molar-refractivity contribution in [3.8, 4) is 11.6 Å². The molecule has 0 spiro atoms. The van der Waals surface area contributed by atoms with Crippen molar-refractivity contribution >= 4 is 43.4 Å². The molecular weight excluding hydrogens is 408 g/mol. The summed E-state index contributed by atoms with van der Waals surface area (Å²) >= 11 is 6.52. The highest BCUT2D eigenvalue weighted by atomic mass is 79.9. The monoisotopic (exact) mass is 416 g/mol. The number of aromatic nitrogens is 2. The lowest BCUT2D eigenvalue weighted by molar-refractivity contribution is -0.385. The van der Waals surface area contributed by atoms with Crippen LogP contribution in [0.1, 0.15) is 5.82 Å². The lowest BCUT2D eigenvalue weighted by Crippen LogP contribution is -1.99. The average Bonchev–Trinajstić information content (AvgIpc) is 2.41. The predicted octanol–water partition coefficient (Wildman–Crippen LogP) is 4.05. The Morgan fingerprint density at radius 1 is 1.24 bits per heavy atom. The fraction of sp³-hybridized carbons (Fsp3) is 0.167. The lowest BCUT2D eigenvalue weighted by atomic mass is 10.3. The molecule has 1 aromatic carbocycles. The number of non-ortho nitro benzene ring substituents is 1. The van der Waals surface area contributed by atoms with E-state index >= 15 is 0 Å². The van der Waals surface area contributed by atoms with Gasteiger partial charge in [0.05, 0.1) is 13.9 Å². The van der Waals surface area contributed by atoms with Crippen LogP contribution in [0.25, 0.3) is 0 Å². The Labute approximate surface area is 137 Å². The van der Waals surface area contributed by atoms with Gasteiger partial charge >= 0.3 is 0 Å². The van der Waals surface area contributed by atoms with E-state index in [4.69, 9.17) is 4.74 Å². The number of rotatable bonds is 4. The second-order valence-corrected chi connectivity index (χ2v) is 5.70. The third-order valence-electron chi connectivity index (χ3n) is 2.47. The predicted molar refractivity (Wildman–Crippen MR) is 84.9 cm³/mol. The van der Waals surface area contributed by atoms with Crippen LogP contribution in [0.15, 0.2) is 27.1 Å². The number of anilines is 1. The van der Waals surface area contributed by atoms with Gasteiger partial charge in [-0.2, -0.15) is 4.98 Å². The summed E-state index contributed by atoms with van der Waals surface area (Å²) in [6, 6.07) is 4.37. The molecule has 0 atom stereocenters. The molecule has 7 nitrogen and oxygen atoms in total. The van der Waals surface area contributed by atoms with E-state index in [0.717, 1.165) is 0 Å². The van der Waals surface area contributed by atoms with Crippen molar-refractivity contribution in [2.45, 2.75) is 6.92 Å². The molecule has 2 rings (SSSR count). The summed E-state index contributed by atoms with van der Waals surface area (Å²) in [5.41, 5.74) is -0.0455. The zero-order chi connectivity index (χ0) is 15.6. The third kappa shape index (κ3) is 3.67. The van der Waals surface area contributed by atoms with Gasteiger partial charge in [0.1, 0.15) is 11.6 Å². The van der Waals surface area contributed by atoms with Gasteiger partial charge in [0.2, 0.25) is 5.88 Å². The Hall–Kier alpha value is -1.74. The van der Waals surface area contributed by atoms with Gasteiger partial charge in [0, 0.05) is 25.2 Å². The quantitative estimate of drug-likeness (QED) is 0.596. The van der Waals surface area contributed by atoms with E-state index in [1.165, 1.54) is 12.1 Å². The molecule has 0 bridgehead atoms. The number of nitrogens with one attached hydrogen (secondary N) is 1. The Bertz CT molecular complexity index is 686. The summed E-state index contributed by atoms with van der Waals surface area (Å²) in [6.07, 6.45) is 0. The highest BCUT2D eigenvalue weighted by molar-refractivity contribution is 9.11. The first-order valence-electron chi connectivity index (χ1n) is 5.75. The summed E-state index contributed by atoms with van der Waals surface area (Å²) < 4.78 is 6.59. The summed E-state index contributed by atoms with van der Waals surface area (Å²) in [5.74, 6) is 1.90. The molecule has 1 N–H and O–H groups in total. The van der Waals surface area contributed by atoms with E-state index in [1.807, 2.05) is 0 Å². The molecule has 9 heteroatoms. The largest absolute Gasteiger partial charge is 0.436 e. The maximum absolute atomic E-state index is 10.8. The molecule has 0 aliphatic rings. The maximum Gasteiger partial charge on any atom is 0.271 e. The second-order valence-electron chi connectivity index (χ2n) is 3.99. The van der Waals surface area contributed by atoms with Gasteiger partial charge in [-0.05, 0) is 38.8 Å². The van der Waals surface area contributed by atoms with Gasteiger partial charge in [0.25, 0.3) is 5.69 Å². The molecule has 1 aromatic heterocycles. The number of aryl methyl sites for hydroxylation is 1. The second kappa shape index (κ2) is 6.35. The number of halogens is 2. The first-order valence-corrected chi connectivity index (χ1v) is 7.34. The van der Waals surface area contributed by atoms with Crippen molar-refractivity contribution in [3.63, 3.8) is 0 Å². The van der Waals surface area contributed by atoms with Crippen molar-refractivity contribution in [1.82, 2.24) is 9.97 Å². The molecule has 0 aliphatic carbocycles. The SMILES string of the molecule is CNc1cc(Oc2c(Br)cc([N+](=O)[O-])cc2Br)nc(C)n1. The first-order chi connectivity index (χ1) is 9.90. The van der Waals surface area contributed by atoms with Crippen molar-refractivity contribution < 1.29 is 9.66 Å². The van der Waals surface area contributed by atoms with E-state index in [0.29, 0.717) is 32.2 Å². The summed E-state index contributed by atoms with van der Waals surface area (Å²) in [5, 5.41) is 13.7. The number of nitro groups is 1. The van der Waals surface area contributed by atoms with Crippen molar-refractivity contribution in [3.05, 3.63) is 43.1 Å². The van der Waals surface area contributed by atoms with E-state index in [2.05, 4.69) is 47.1 Å². The van der Waals surface area contributed by atoms with Crippen LogP contribution < -0.4 is 10.1 Å². The van der Waals surface area contributed by atoms with Crippen LogP contribution in [0.3, 0.4) is 0 Å². The minimum absolute atomic E-state index is 0.0455. The third-order valence-corrected chi connectivity index (χ3v) is 3.65. The maximum atomic E-state index is 10.8. The minimum Gasteiger partial charge on any atom is -0.436 e. The minimum atomic E-state index is -0.479. The van der Waals surface area contributed by atoms with Crippen LogP contribution in [0.4, 0.5) is 11.5 Å². The molecular formula is C12H10Br2N4O3. The number of hydrogen-bond acceptors (Lipinski definition) is 6. The van der Waals surface area contributed by atoms with E-state index in [-0.39, 0.29) is 5.69 Å². The van der Waals surface area contributed by atoms with Gasteiger partial charge < -0.3 is 10.1 Å². The summed E-state index contributed by atoms with van der Waals surface area (Å²) in [4.78, 5) is 18.6. The molecule has 110 valence electrons. The summed E-state index contributed by atoms with van der Waals surface area (Å²) in [7, 11) is 1.74. The van der Waals surface area contributed by atoms with Crippen LogP contribution >= 0.6 is 31.9 Å². The van der Waals surface area contributed by atoms with Gasteiger partial charge in [-0.25, -0.2) is 4.98 Å². The molecule has 0 unspecified atom stereocenters. The number of ether oxygens (including phenoxy) is 1. The molecule has 0 radical (unpaired) electrons. The van der Waals surface area contributed by atoms with Crippen LogP contribution in [0, 0.1) is 17.0 Å². The van der Waals surface area contributed by atoms with Crippen molar-refractivity contribution in [2.24, 2.45) is 0 Å². The van der Waals surface area contributed by atoms with Gasteiger partial charge in [-0.15, -0.1) is 0 Å². The van der Waals surface area contributed by atoms with Gasteiger partial charge in [-0.1, -0.05) is 0 Å². The average molecular weight is 418 g/mol. The van der Waals surface area contributed by atoms with E-state index in [1.54, 1.807) is 20.0 Å². The molecule has 2 aromatic rings. The molecule has 0 saturated carbocycles. The fourth-order valence-corrected chi connectivity index (χ4v) is 2.90. The molecule has 0 fully saturated rings. The first kappa shape index (κ1) is 15.6. The van der Waals surface area contributed by atoms with Gasteiger partial charge in [-0.3, -0.25) is 10.1 Å². The molecule has 1 heterocycles. The smallest absolute Gasteiger partial charge is 0.271 e. The number of nitro benzene ring substituents is 1. The van der Waals surface area contributed by atoms with Crippen LogP contribution in [0.2, 0.25) is 0 Å². The number of benzene rings is 1. The Morgan fingerprint density at radius 2 is 1.86 bits per heavy atom. The standard InChI is InChI=1S/C12H10Br2N4O3/c1-6-16-10(15-2)5-11(17-6)21-12-8(13)3-7(18(19)20)4-9(12)14/h3-5H,1-2H3,(H,15,16,17). The van der Waals surface area contributed by atoms with E-state index in [9.17, 15) is 10.1 Å². The Morgan fingerprint density at radius 3 is 2.38 bits per heavy atom. The normalized spacial score (nSPS) is 10.3. The van der Waals surface area contributed by atoms with E-state index < -0.39 is 4.92 Å². The Balaban J connectivity index is 2.40. The van der Waals surface area contributed by atoms with Gasteiger partial charge in [0.15, 0.2) is 5.75 Å². The van der Waals surface area contributed by atoms with Crippen LogP contribution in [0.5, 0.6) is 11.6 Å². The molecule has 21 heavy (non-hydrogen) atoms. The zero-order valence-electron chi connectivity index (χ0n) is 11.1. The topological polar surface area (TPSA) is 90.2 Å². The number of hydrogen-bond donors (Lipinski definition) is 1.